The fraction of sp³-hybridized carbons (Fsp3) is 0.400. The molecule has 0 saturated heterocycles. The van der Waals surface area contributed by atoms with Gasteiger partial charge in [-0.05, 0) is 12.8 Å². The normalized spacial score (nSPS) is 25.6. The van der Waals surface area contributed by atoms with E-state index in [1.54, 1.807) is 6.92 Å². The second-order valence-corrected chi connectivity index (χ2v) is 4.29. The molecular weight excluding hydrogens is 256 g/mol. The third-order valence-corrected chi connectivity index (χ3v) is 3.12. The topological polar surface area (TPSA) is 29.4 Å². The summed E-state index contributed by atoms with van der Waals surface area (Å²) < 4.78 is 0. The van der Waals surface area contributed by atoms with Crippen molar-refractivity contribution in [2.75, 3.05) is 6.54 Å². The van der Waals surface area contributed by atoms with Crippen molar-refractivity contribution < 1.29 is 4.79 Å². The van der Waals surface area contributed by atoms with Gasteiger partial charge in [-0.2, -0.15) is 0 Å². The van der Waals surface area contributed by atoms with Gasteiger partial charge in [0, 0.05) is 16.8 Å². The minimum absolute atomic E-state index is 0.223. The van der Waals surface area contributed by atoms with Gasteiger partial charge in [0.15, 0.2) is 0 Å². The Labute approximate surface area is 103 Å². The number of hydrogen-bond acceptors (Lipinski definition) is 2. The Morgan fingerprint density at radius 2 is 2.27 bits per heavy atom. The number of carbonyl (C=O) groups excluding carboxylic acids is 1. The van der Waals surface area contributed by atoms with Crippen LogP contribution in [0.15, 0.2) is 15.6 Å². The van der Waals surface area contributed by atoms with E-state index in [4.69, 9.17) is 34.8 Å². The Kier molecular flexibility index (Phi) is 4.66. The number of allylic oxidation sites excluding steroid dienone is 1. The van der Waals surface area contributed by atoms with Crippen LogP contribution in [-0.2, 0) is 4.79 Å². The second kappa shape index (κ2) is 5.55. The predicted octanol–water partition coefficient (Wildman–Crippen LogP) is 2.37. The third-order valence-electron chi connectivity index (χ3n) is 1.81. The molecule has 1 heterocycles. The standard InChI is InChI=1S/C10H8Cl3NO/c1-2-3-8(15)9-6(11)4-14-5-7(12)10(9)13/h5,7,10H,4H2,1H3/t7?,10-/m1/s1. The van der Waals surface area contributed by atoms with Crippen molar-refractivity contribution in [1.29, 1.82) is 0 Å². The average molecular weight is 265 g/mol. The molecule has 2 atom stereocenters. The molecule has 0 saturated carbocycles. The van der Waals surface area contributed by atoms with Crippen LogP contribution in [0.25, 0.3) is 0 Å². The molecule has 0 aliphatic carbocycles. The summed E-state index contributed by atoms with van der Waals surface area (Å²) in [5, 5.41) is -0.915. The Bertz CT molecular complexity index is 389. The van der Waals surface area contributed by atoms with Gasteiger partial charge < -0.3 is 0 Å². The van der Waals surface area contributed by atoms with Gasteiger partial charge in [0.25, 0.3) is 0 Å². The van der Waals surface area contributed by atoms with Gasteiger partial charge in [-0.15, -0.1) is 23.2 Å². The van der Waals surface area contributed by atoms with Crippen molar-refractivity contribution in [2.24, 2.45) is 4.99 Å². The van der Waals surface area contributed by atoms with Gasteiger partial charge in [-0.3, -0.25) is 9.79 Å². The fourth-order valence-electron chi connectivity index (χ4n) is 1.13. The van der Waals surface area contributed by atoms with Gasteiger partial charge in [0.1, 0.15) is 0 Å². The van der Waals surface area contributed by atoms with Crippen LogP contribution in [0, 0.1) is 11.8 Å². The van der Waals surface area contributed by atoms with Crippen LogP contribution in [-0.4, -0.2) is 29.3 Å². The van der Waals surface area contributed by atoms with E-state index in [-0.39, 0.29) is 12.1 Å². The van der Waals surface area contributed by atoms with E-state index >= 15 is 0 Å². The highest BCUT2D eigenvalue weighted by Crippen LogP contribution is 2.26. The summed E-state index contributed by atoms with van der Waals surface area (Å²) in [7, 11) is 0. The zero-order chi connectivity index (χ0) is 11.4. The Morgan fingerprint density at radius 1 is 1.60 bits per heavy atom. The molecule has 0 radical (unpaired) electrons. The monoisotopic (exact) mass is 263 g/mol. The second-order valence-electron chi connectivity index (χ2n) is 2.86. The zero-order valence-electron chi connectivity index (χ0n) is 7.93. The molecule has 1 rings (SSSR count). The number of halogens is 3. The first-order valence-electron chi connectivity index (χ1n) is 4.21. The SMILES string of the molecule is CC#CC(=O)C1=C(Cl)CN=CC(Cl)[C@H]1Cl. The first kappa shape index (κ1) is 12.6. The molecular formula is C10H8Cl3NO. The highest BCUT2D eigenvalue weighted by atomic mass is 35.5. The van der Waals surface area contributed by atoms with Gasteiger partial charge in [-0.1, -0.05) is 17.5 Å². The third kappa shape index (κ3) is 2.98. The van der Waals surface area contributed by atoms with E-state index in [0.29, 0.717) is 5.03 Å². The van der Waals surface area contributed by atoms with E-state index in [0.717, 1.165) is 0 Å². The van der Waals surface area contributed by atoms with Crippen LogP contribution in [0.4, 0.5) is 0 Å². The number of rotatable bonds is 1. The van der Waals surface area contributed by atoms with Gasteiger partial charge in [0.05, 0.1) is 17.3 Å². The number of nitrogens with zero attached hydrogens (tertiary/aromatic N) is 1. The highest BCUT2D eigenvalue weighted by molar-refractivity contribution is 6.41. The molecule has 80 valence electrons. The van der Waals surface area contributed by atoms with Crippen LogP contribution in [0.3, 0.4) is 0 Å². The van der Waals surface area contributed by atoms with Crippen molar-refractivity contribution in [3.63, 3.8) is 0 Å². The largest absolute Gasteiger partial charge is 0.290 e. The molecule has 0 fully saturated rings. The van der Waals surface area contributed by atoms with Crippen molar-refractivity contribution in [1.82, 2.24) is 0 Å². The molecule has 0 aromatic rings. The van der Waals surface area contributed by atoms with E-state index in [1.807, 2.05) is 0 Å². The molecule has 0 N–H and O–H groups in total. The van der Waals surface area contributed by atoms with Crippen LogP contribution >= 0.6 is 34.8 Å². The summed E-state index contributed by atoms with van der Waals surface area (Å²) in [4.78, 5) is 15.5. The predicted molar refractivity (Wildman–Crippen MR) is 64.0 cm³/mol. The maximum atomic E-state index is 11.6. The lowest BCUT2D eigenvalue weighted by Gasteiger charge is -2.12. The molecule has 1 unspecified atom stereocenters. The minimum atomic E-state index is -0.682. The summed E-state index contributed by atoms with van der Waals surface area (Å²) >= 11 is 17.8. The lowest BCUT2D eigenvalue weighted by atomic mass is 10.1. The first-order valence-corrected chi connectivity index (χ1v) is 5.46. The lowest BCUT2D eigenvalue weighted by molar-refractivity contribution is -0.110. The Morgan fingerprint density at radius 3 is 2.87 bits per heavy atom. The van der Waals surface area contributed by atoms with Crippen LogP contribution < -0.4 is 0 Å². The summed E-state index contributed by atoms with van der Waals surface area (Å²) in [6, 6.07) is 0. The molecule has 0 amide bonds. The molecule has 1 aliphatic rings. The number of Topliss-reactive ketones (excluding diaryl/α,β-unsaturated/α-hetero) is 1. The summed E-state index contributed by atoms with van der Waals surface area (Å²) in [6.45, 7) is 1.79. The lowest BCUT2D eigenvalue weighted by Crippen LogP contribution is -2.23. The molecule has 5 heteroatoms. The summed E-state index contributed by atoms with van der Waals surface area (Å²) in [6.07, 6.45) is 1.49. The zero-order valence-corrected chi connectivity index (χ0v) is 10.2. The van der Waals surface area contributed by atoms with Crippen molar-refractivity contribution >= 4 is 46.8 Å². The van der Waals surface area contributed by atoms with Gasteiger partial charge in [0.2, 0.25) is 5.78 Å². The van der Waals surface area contributed by atoms with Gasteiger partial charge in [-0.25, -0.2) is 0 Å². The minimum Gasteiger partial charge on any atom is -0.290 e. The molecule has 2 nitrogen and oxygen atoms in total. The van der Waals surface area contributed by atoms with Crippen LogP contribution in [0.2, 0.25) is 0 Å². The Balaban J connectivity index is 3.10. The van der Waals surface area contributed by atoms with Crippen molar-refractivity contribution in [2.45, 2.75) is 17.7 Å². The van der Waals surface area contributed by atoms with E-state index in [2.05, 4.69) is 16.8 Å². The molecule has 0 spiro atoms. The quantitative estimate of drug-likeness (QED) is 0.406. The van der Waals surface area contributed by atoms with Crippen molar-refractivity contribution in [3.8, 4) is 11.8 Å². The molecule has 0 aromatic heterocycles. The number of ketones is 1. The number of hydrogen-bond donors (Lipinski definition) is 0. The summed E-state index contributed by atoms with van der Waals surface area (Å²) in [5.41, 5.74) is 0.255. The number of alkyl halides is 2. The number of aliphatic imine (C=N–C) groups is 1. The Hall–Kier alpha value is -0.490. The molecule has 0 aromatic carbocycles. The van der Waals surface area contributed by atoms with Crippen molar-refractivity contribution in [3.05, 3.63) is 10.6 Å². The van der Waals surface area contributed by atoms with E-state index < -0.39 is 16.5 Å². The number of carbonyl (C=O) groups is 1. The molecule has 15 heavy (non-hydrogen) atoms. The highest BCUT2D eigenvalue weighted by Gasteiger charge is 2.28. The smallest absolute Gasteiger partial charge is 0.234 e. The molecule has 1 aliphatic heterocycles. The van der Waals surface area contributed by atoms with E-state index in [9.17, 15) is 4.79 Å². The van der Waals surface area contributed by atoms with Crippen LogP contribution in [0.5, 0.6) is 0 Å². The van der Waals surface area contributed by atoms with E-state index in [1.165, 1.54) is 6.21 Å². The fourth-order valence-corrected chi connectivity index (χ4v) is 1.96. The average Bonchev–Trinajstić information content (AvgIpc) is 2.28. The van der Waals surface area contributed by atoms with Gasteiger partial charge >= 0.3 is 0 Å². The first-order chi connectivity index (χ1) is 7.07. The van der Waals surface area contributed by atoms with Crippen LogP contribution in [0.1, 0.15) is 6.92 Å². The molecule has 0 bridgehead atoms. The maximum absolute atomic E-state index is 11.6. The summed E-state index contributed by atoms with van der Waals surface area (Å²) in [5.74, 6) is 4.51. The maximum Gasteiger partial charge on any atom is 0.234 e.